The van der Waals surface area contributed by atoms with Crippen LogP contribution in [-0.2, 0) is 0 Å². The molecule has 1 aliphatic carbocycles. The molecule has 0 saturated heterocycles. The molecule has 1 saturated carbocycles. The van der Waals surface area contributed by atoms with Gasteiger partial charge in [-0.05, 0) is 49.3 Å². The maximum Gasteiger partial charge on any atom is 0.125 e. The summed E-state index contributed by atoms with van der Waals surface area (Å²) < 4.78 is 13.3. The van der Waals surface area contributed by atoms with Crippen LogP contribution in [0, 0.1) is 17.7 Å². The number of hydrogen-bond acceptors (Lipinski definition) is 1. The molecule has 3 heteroatoms. The van der Waals surface area contributed by atoms with E-state index in [2.05, 4.69) is 19.2 Å². The van der Waals surface area contributed by atoms with Crippen LogP contribution in [0.4, 0.5) is 10.1 Å². The molecular weight excluding hydrogens is 261 g/mol. The van der Waals surface area contributed by atoms with Crippen molar-refractivity contribution in [1.29, 1.82) is 0 Å². The zero-order valence-corrected chi connectivity index (χ0v) is 12.5. The highest BCUT2D eigenvalue weighted by Gasteiger charge is 2.21. The van der Waals surface area contributed by atoms with Crippen molar-refractivity contribution < 1.29 is 4.39 Å². The molecule has 1 nitrogen and oxygen atoms in total. The van der Waals surface area contributed by atoms with Gasteiger partial charge in [0.05, 0.1) is 10.7 Å². The fraction of sp³-hybridized carbons (Fsp3) is 0.625. The van der Waals surface area contributed by atoms with Crippen LogP contribution in [0.2, 0.25) is 5.02 Å². The fourth-order valence-corrected chi connectivity index (χ4v) is 3.14. The van der Waals surface area contributed by atoms with E-state index in [0.717, 1.165) is 30.4 Å². The largest absolute Gasteiger partial charge is 0.381 e. The van der Waals surface area contributed by atoms with Crippen LogP contribution in [-0.4, -0.2) is 6.04 Å². The maximum atomic E-state index is 13.3. The number of hydrogen-bond donors (Lipinski definition) is 1. The smallest absolute Gasteiger partial charge is 0.125 e. The van der Waals surface area contributed by atoms with E-state index in [1.54, 1.807) is 6.07 Å². The number of rotatable bonds is 3. The third-order valence-corrected chi connectivity index (χ3v) is 4.57. The minimum Gasteiger partial charge on any atom is -0.381 e. The van der Waals surface area contributed by atoms with Gasteiger partial charge in [0.25, 0.3) is 0 Å². The van der Waals surface area contributed by atoms with Gasteiger partial charge in [0.1, 0.15) is 5.82 Å². The molecule has 0 aromatic heterocycles. The average molecular weight is 284 g/mol. The molecule has 1 aromatic carbocycles. The molecule has 2 atom stereocenters. The first-order valence-electron chi connectivity index (χ1n) is 7.28. The van der Waals surface area contributed by atoms with Gasteiger partial charge >= 0.3 is 0 Å². The van der Waals surface area contributed by atoms with E-state index in [4.69, 9.17) is 11.6 Å². The van der Waals surface area contributed by atoms with E-state index >= 15 is 0 Å². The monoisotopic (exact) mass is 283 g/mol. The third kappa shape index (κ3) is 4.10. The highest BCUT2D eigenvalue weighted by atomic mass is 35.5. The Labute approximate surface area is 120 Å². The summed E-state index contributed by atoms with van der Waals surface area (Å²) in [7, 11) is 0. The van der Waals surface area contributed by atoms with Gasteiger partial charge < -0.3 is 5.32 Å². The molecule has 2 unspecified atom stereocenters. The zero-order valence-electron chi connectivity index (χ0n) is 11.8. The molecule has 0 radical (unpaired) electrons. The topological polar surface area (TPSA) is 12.0 Å². The summed E-state index contributed by atoms with van der Waals surface area (Å²) in [6.07, 6.45) is 6.11. The van der Waals surface area contributed by atoms with E-state index in [1.165, 1.54) is 31.4 Å². The molecule has 1 fully saturated rings. The third-order valence-electron chi connectivity index (χ3n) is 4.24. The van der Waals surface area contributed by atoms with E-state index in [-0.39, 0.29) is 5.82 Å². The number of anilines is 1. The Morgan fingerprint density at radius 1 is 1.21 bits per heavy atom. The molecular formula is C16H23ClFN. The molecule has 0 spiro atoms. The van der Waals surface area contributed by atoms with Crippen LogP contribution in [0.5, 0.6) is 0 Å². The number of nitrogens with one attached hydrogen (secondary N) is 1. The van der Waals surface area contributed by atoms with E-state index < -0.39 is 0 Å². The Hall–Kier alpha value is -0.760. The lowest BCUT2D eigenvalue weighted by molar-refractivity contribution is 0.341. The van der Waals surface area contributed by atoms with Crippen molar-refractivity contribution in [3.63, 3.8) is 0 Å². The standard InChI is InChI=1S/C16H23ClFN/c1-11(2)12-4-3-5-14(8-6-12)19-16-10-13(18)7-9-15(16)17/h7,9-12,14,19H,3-6,8H2,1-2H3. The van der Waals surface area contributed by atoms with E-state index in [0.29, 0.717) is 11.1 Å². The maximum absolute atomic E-state index is 13.3. The molecule has 0 heterocycles. The van der Waals surface area contributed by atoms with Crippen LogP contribution >= 0.6 is 11.6 Å². The average Bonchev–Trinajstić information content (AvgIpc) is 2.59. The van der Waals surface area contributed by atoms with Gasteiger partial charge in [-0.25, -0.2) is 4.39 Å². The second-order valence-electron chi connectivity index (χ2n) is 5.98. The van der Waals surface area contributed by atoms with Gasteiger partial charge in [0.2, 0.25) is 0 Å². The van der Waals surface area contributed by atoms with Gasteiger partial charge in [-0.15, -0.1) is 0 Å². The molecule has 0 bridgehead atoms. The van der Waals surface area contributed by atoms with Gasteiger partial charge in [-0.3, -0.25) is 0 Å². The van der Waals surface area contributed by atoms with Crippen LogP contribution in [0.1, 0.15) is 46.0 Å². The molecule has 2 rings (SSSR count). The summed E-state index contributed by atoms with van der Waals surface area (Å²) in [5.74, 6) is 1.35. The SMILES string of the molecule is CC(C)C1CCCC(Nc2cc(F)ccc2Cl)CC1. The van der Waals surface area contributed by atoms with Crippen molar-refractivity contribution in [2.75, 3.05) is 5.32 Å². The van der Waals surface area contributed by atoms with Crippen LogP contribution in [0.15, 0.2) is 18.2 Å². The van der Waals surface area contributed by atoms with Gasteiger partial charge in [-0.1, -0.05) is 38.3 Å². The molecule has 106 valence electrons. The van der Waals surface area contributed by atoms with Crippen molar-refractivity contribution >= 4 is 17.3 Å². The minimum atomic E-state index is -0.236. The highest BCUT2D eigenvalue weighted by Crippen LogP contribution is 2.31. The molecule has 1 N–H and O–H groups in total. The van der Waals surface area contributed by atoms with Crippen LogP contribution < -0.4 is 5.32 Å². The Kier molecular flexibility index (Phi) is 5.09. The van der Waals surface area contributed by atoms with Gasteiger partial charge in [0.15, 0.2) is 0 Å². The van der Waals surface area contributed by atoms with Gasteiger partial charge in [0, 0.05) is 6.04 Å². The summed E-state index contributed by atoms with van der Waals surface area (Å²) in [6.45, 7) is 4.61. The van der Waals surface area contributed by atoms with E-state index in [9.17, 15) is 4.39 Å². The predicted molar refractivity (Wildman–Crippen MR) is 80.2 cm³/mol. The summed E-state index contributed by atoms with van der Waals surface area (Å²) in [6, 6.07) is 4.93. The quantitative estimate of drug-likeness (QED) is 0.723. The highest BCUT2D eigenvalue weighted by molar-refractivity contribution is 6.33. The van der Waals surface area contributed by atoms with Crippen molar-refractivity contribution in [2.24, 2.45) is 11.8 Å². The summed E-state index contributed by atoms with van der Waals surface area (Å²) >= 11 is 6.11. The van der Waals surface area contributed by atoms with Crippen molar-refractivity contribution in [2.45, 2.75) is 52.0 Å². The lowest BCUT2D eigenvalue weighted by Gasteiger charge is -2.20. The summed E-state index contributed by atoms with van der Waals surface area (Å²) in [5.41, 5.74) is 0.731. The summed E-state index contributed by atoms with van der Waals surface area (Å²) in [5, 5.41) is 4.02. The normalized spacial score (nSPS) is 24.3. The van der Waals surface area contributed by atoms with Crippen molar-refractivity contribution in [1.82, 2.24) is 0 Å². The lowest BCUT2D eigenvalue weighted by atomic mass is 9.89. The van der Waals surface area contributed by atoms with Gasteiger partial charge in [-0.2, -0.15) is 0 Å². The Balaban J connectivity index is 1.98. The second-order valence-corrected chi connectivity index (χ2v) is 6.38. The first-order chi connectivity index (χ1) is 9.06. The molecule has 0 amide bonds. The first-order valence-corrected chi connectivity index (χ1v) is 7.65. The molecule has 0 aliphatic heterocycles. The number of halogens is 2. The molecule has 1 aromatic rings. The van der Waals surface area contributed by atoms with E-state index in [1.807, 2.05) is 0 Å². The van der Waals surface area contributed by atoms with Crippen LogP contribution in [0.25, 0.3) is 0 Å². The molecule has 1 aliphatic rings. The van der Waals surface area contributed by atoms with Crippen LogP contribution in [0.3, 0.4) is 0 Å². The van der Waals surface area contributed by atoms with Crippen molar-refractivity contribution in [3.05, 3.63) is 29.0 Å². The first kappa shape index (κ1) is 14.6. The lowest BCUT2D eigenvalue weighted by Crippen LogP contribution is -2.19. The Morgan fingerprint density at radius 2 is 2.00 bits per heavy atom. The zero-order chi connectivity index (χ0) is 13.8. The Bertz CT molecular complexity index is 419. The summed E-state index contributed by atoms with van der Waals surface area (Å²) in [4.78, 5) is 0. The molecule has 19 heavy (non-hydrogen) atoms. The van der Waals surface area contributed by atoms with Crippen molar-refractivity contribution in [3.8, 4) is 0 Å². The Morgan fingerprint density at radius 3 is 2.74 bits per heavy atom. The number of benzene rings is 1. The second kappa shape index (κ2) is 6.60. The minimum absolute atomic E-state index is 0.236. The predicted octanol–water partition coefficient (Wildman–Crippen LogP) is 5.50. The fourth-order valence-electron chi connectivity index (χ4n) is 2.97.